The standard InChI is InChI=1S/C24H31ClN4O3S/c25-19-7-9-21(10-8-19)33(31,32)27-20-11-16-29(17-12-20)23-6-2-1-5-22(23)24(30)26-13-18-28-14-3-4-15-28/h1-2,5-10,20,27H,3-4,11-18H2,(H,26,30). The molecule has 2 aromatic rings. The highest BCUT2D eigenvalue weighted by Gasteiger charge is 2.26. The quantitative estimate of drug-likeness (QED) is 0.594. The SMILES string of the molecule is O=C(NCCN1CCCC1)c1ccccc1N1CCC(NS(=O)(=O)c2ccc(Cl)cc2)CC1. The van der Waals surface area contributed by atoms with Crippen LogP contribution in [0.4, 0.5) is 5.69 Å². The number of carbonyl (C=O) groups excluding carboxylic acids is 1. The van der Waals surface area contributed by atoms with Crippen LogP contribution in [0, 0.1) is 0 Å². The largest absolute Gasteiger partial charge is 0.371 e. The fourth-order valence-corrected chi connectivity index (χ4v) is 5.94. The number of piperidine rings is 1. The first-order chi connectivity index (χ1) is 15.9. The third kappa shape index (κ3) is 6.26. The number of nitrogens with zero attached hydrogens (tertiary/aromatic N) is 2. The number of hydrogen-bond donors (Lipinski definition) is 2. The molecule has 0 saturated carbocycles. The molecule has 2 fully saturated rings. The smallest absolute Gasteiger partial charge is 0.253 e. The minimum atomic E-state index is -3.59. The van der Waals surface area contributed by atoms with E-state index in [0.29, 0.717) is 43.1 Å². The van der Waals surface area contributed by atoms with Gasteiger partial charge in [0.05, 0.1) is 10.5 Å². The number of rotatable bonds is 8. The van der Waals surface area contributed by atoms with Crippen LogP contribution in [-0.2, 0) is 10.0 Å². The minimum Gasteiger partial charge on any atom is -0.371 e. The lowest BCUT2D eigenvalue weighted by atomic mass is 10.0. The lowest BCUT2D eigenvalue weighted by Gasteiger charge is -2.34. The average Bonchev–Trinajstić information content (AvgIpc) is 3.33. The lowest BCUT2D eigenvalue weighted by Crippen LogP contribution is -2.45. The Morgan fingerprint density at radius 1 is 0.970 bits per heavy atom. The Hall–Kier alpha value is -2.13. The van der Waals surface area contributed by atoms with E-state index in [1.165, 1.54) is 25.0 Å². The fourth-order valence-electron chi connectivity index (χ4n) is 4.51. The molecule has 2 aliphatic rings. The molecule has 0 radical (unpaired) electrons. The van der Waals surface area contributed by atoms with Crippen molar-refractivity contribution < 1.29 is 13.2 Å². The number of benzene rings is 2. The summed E-state index contributed by atoms with van der Waals surface area (Å²) in [5.41, 5.74) is 1.56. The molecular weight excluding hydrogens is 460 g/mol. The van der Waals surface area contributed by atoms with Gasteiger partial charge in [0.15, 0.2) is 0 Å². The van der Waals surface area contributed by atoms with Crippen molar-refractivity contribution in [3.05, 3.63) is 59.1 Å². The van der Waals surface area contributed by atoms with Gasteiger partial charge in [0.25, 0.3) is 5.91 Å². The van der Waals surface area contributed by atoms with E-state index >= 15 is 0 Å². The second-order valence-corrected chi connectivity index (χ2v) is 10.8. The van der Waals surface area contributed by atoms with Crippen LogP contribution in [0.3, 0.4) is 0 Å². The Morgan fingerprint density at radius 3 is 2.33 bits per heavy atom. The minimum absolute atomic E-state index is 0.0599. The van der Waals surface area contributed by atoms with Crippen molar-refractivity contribution >= 4 is 33.2 Å². The highest BCUT2D eigenvalue weighted by atomic mass is 35.5. The van der Waals surface area contributed by atoms with Gasteiger partial charge in [0, 0.05) is 42.9 Å². The van der Waals surface area contributed by atoms with Gasteiger partial charge in [-0.25, -0.2) is 13.1 Å². The van der Waals surface area contributed by atoms with Crippen LogP contribution in [0.2, 0.25) is 5.02 Å². The summed E-state index contributed by atoms with van der Waals surface area (Å²) in [6, 6.07) is 13.7. The molecule has 33 heavy (non-hydrogen) atoms. The molecule has 2 saturated heterocycles. The number of likely N-dealkylation sites (tertiary alicyclic amines) is 1. The van der Waals surface area contributed by atoms with Gasteiger partial charge in [0.2, 0.25) is 10.0 Å². The lowest BCUT2D eigenvalue weighted by molar-refractivity contribution is 0.0950. The van der Waals surface area contributed by atoms with Crippen LogP contribution >= 0.6 is 11.6 Å². The van der Waals surface area contributed by atoms with Gasteiger partial charge in [0.1, 0.15) is 0 Å². The summed E-state index contributed by atoms with van der Waals surface area (Å²) in [5, 5.41) is 3.56. The average molecular weight is 491 g/mol. The van der Waals surface area contributed by atoms with Crippen LogP contribution in [0.1, 0.15) is 36.0 Å². The molecule has 2 heterocycles. The molecule has 178 valence electrons. The van der Waals surface area contributed by atoms with Gasteiger partial charge < -0.3 is 15.1 Å². The molecule has 0 bridgehead atoms. The van der Waals surface area contributed by atoms with Gasteiger partial charge in [-0.05, 0) is 75.2 Å². The third-order valence-corrected chi connectivity index (χ3v) is 8.13. The summed E-state index contributed by atoms with van der Waals surface area (Å²) < 4.78 is 28.2. The van der Waals surface area contributed by atoms with Gasteiger partial charge in [-0.3, -0.25) is 4.79 Å². The summed E-state index contributed by atoms with van der Waals surface area (Å²) in [6.07, 6.45) is 3.81. The molecule has 2 N–H and O–H groups in total. The molecule has 0 unspecified atom stereocenters. The highest BCUT2D eigenvalue weighted by Crippen LogP contribution is 2.25. The van der Waals surface area contributed by atoms with Crippen LogP contribution in [-0.4, -0.2) is 64.5 Å². The monoisotopic (exact) mass is 490 g/mol. The summed E-state index contributed by atoms with van der Waals surface area (Å²) in [4.78, 5) is 17.6. The van der Waals surface area contributed by atoms with Crippen molar-refractivity contribution in [3.63, 3.8) is 0 Å². The van der Waals surface area contributed by atoms with Gasteiger partial charge in [-0.1, -0.05) is 23.7 Å². The first-order valence-corrected chi connectivity index (χ1v) is 13.4. The van der Waals surface area contributed by atoms with E-state index in [1.54, 1.807) is 12.1 Å². The molecule has 0 aliphatic carbocycles. The van der Waals surface area contributed by atoms with E-state index < -0.39 is 10.0 Å². The van der Waals surface area contributed by atoms with Crippen molar-refractivity contribution in [1.29, 1.82) is 0 Å². The Labute approximate surface area is 201 Å². The second kappa shape index (κ2) is 10.9. The van der Waals surface area contributed by atoms with Crippen molar-refractivity contribution in [2.24, 2.45) is 0 Å². The van der Waals surface area contributed by atoms with Crippen molar-refractivity contribution in [3.8, 4) is 0 Å². The van der Waals surface area contributed by atoms with Crippen molar-refractivity contribution in [2.45, 2.75) is 36.6 Å². The molecule has 0 spiro atoms. The number of halogens is 1. The first kappa shape index (κ1) is 24.0. The Kier molecular flexibility index (Phi) is 7.90. The maximum Gasteiger partial charge on any atom is 0.253 e. The summed E-state index contributed by atoms with van der Waals surface area (Å²) >= 11 is 5.87. The number of amides is 1. The number of para-hydroxylation sites is 1. The van der Waals surface area contributed by atoms with Crippen LogP contribution in [0.25, 0.3) is 0 Å². The van der Waals surface area contributed by atoms with Gasteiger partial charge in [-0.15, -0.1) is 0 Å². The number of nitrogens with one attached hydrogen (secondary N) is 2. The maximum atomic E-state index is 12.9. The van der Waals surface area contributed by atoms with E-state index in [4.69, 9.17) is 11.6 Å². The molecule has 0 aromatic heterocycles. The molecule has 2 aliphatic heterocycles. The Balaban J connectivity index is 1.33. The molecule has 1 amide bonds. The van der Waals surface area contributed by atoms with Gasteiger partial charge >= 0.3 is 0 Å². The molecule has 9 heteroatoms. The zero-order valence-electron chi connectivity index (χ0n) is 18.7. The normalized spacial score (nSPS) is 17.9. The van der Waals surface area contributed by atoms with Crippen molar-refractivity contribution in [2.75, 3.05) is 44.2 Å². The van der Waals surface area contributed by atoms with E-state index in [-0.39, 0.29) is 16.8 Å². The predicted octanol–water partition coefficient (Wildman–Crippen LogP) is 3.11. The number of hydrogen-bond acceptors (Lipinski definition) is 5. The van der Waals surface area contributed by atoms with E-state index in [1.807, 2.05) is 24.3 Å². The molecule has 2 aromatic carbocycles. The zero-order valence-corrected chi connectivity index (χ0v) is 20.2. The van der Waals surface area contributed by atoms with E-state index in [0.717, 1.165) is 25.3 Å². The van der Waals surface area contributed by atoms with Gasteiger partial charge in [-0.2, -0.15) is 0 Å². The summed E-state index contributed by atoms with van der Waals surface area (Å²) in [7, 11) is -3.59. The van der Waals surface area contributed by atoms with E-state index in [2.05, 4.69) is 19.8 Å². The van der Waals surface area contributed by atoms with Crippen LogP contribution in [0.5, 0.6) is 0 Å². The first-order valence-electron chi connectivity index (χ1n) is 11.5. The summed E-state index contributed by atoms with van der Waals surface area (Å²) in [6.45, 7) is 5.10. The second-order valence-electron chi connectivity index (χ2n) is 8.66. The van der Waals surface area contributed by atoms with E-state index in [9.17, 15) is 13.2 Å². The molecular formula is C24H31ClN4O3S. The Bertz CT molecular complexity index is 1050. The number of anilines is 1. The van der Waals surface area contributed by atoms with Crippen LogP contribution < -0.4 is 14.9 Å². The maximum absolute atomic E-state index is 12.9. The number of sulfonamides is 1. The fraction of sp³-hybridized carbons (Fsp3) is 0.458. The Morgan fingerprint density at radius 2 is 1.64 bits per heavy atom. The predicted molar refractivity (Wildman–Crippen MR) is 131 cm³/mol. The molecule has 7 nitrogen and oxygen atoms in total. The highest BCUT2D eigenvalue weighted by molar-refractivity contribution is 7.89. The zero-order chi connectivity index (χ0) is 23.3. The topological polar surface area (TPSA) is 81.8 Å². The third-order valence-electron chi connectivity index (χ3n) is 6.34. The summed E-state index contributed by atoms with van der Waals surface area (Å²) in [5.74, 6) is -0.0599. The molecule has 0 atom stereocenters. The molecule has 4 rings (SSSR count). The van der Waals surface area contributed by atoms with Crippen molar-refractivity contribution in [1.82, 2.24) is 14.9 Å². The number of carbonyl (C=O) groups is 1. The van der Waals surface area contributed by atoms with Crippen LogP contribution in [0.15, 0.2) is 53.4 Å².